The largest absolute Gasteiger partial charge is 0.347 e. The molecule has 1 amide bonds. The molecule has 1 unspecified atom stereocenters. The Kier molecular flexibility index (Phi) is 5.60. The number of rotatable bonds is 4. The molecule has 1 aromatic heterocycles. The van der Waals surface area contributed by atoms with Gasteiger partial charge in [0.15, 0.2) is 0 Å². The van der Waals surface area contributed by atoms with Gasteiger partial charge in [-0.3, -0.25) is 4.79 Å². The third-order valence-corrected chi connectivity index (χ3v) is 8.66. The van der Waals surface area contributed by atoms with Crippen LogP contribution in [-0.2, 0) is 9.73 Å². The maximum absolute atomic E-state index is 13.2. The molecule has 4 rings (SSSR count). The Morgan fingerprint density at radius 1 is 1.34 bits per heavy atom. The van der Waals surface area contributed by atoms with Crippen LogP contribution in [0, 0.1) is 11.3 Å². The van der Waals surface area contributed by atoms with Gasteiger partial charge < -0.3 is 4.90 Å². The van der Waals surface area contributed by atoms with Gasteiger partial charge in [0, 0.05) is 47.6 Å². The van der Waals surface area contributed by atoms with E-state index >= 15 is 0 Å². The maximum atomic E-state index is 13.2. The summed E-state index contributed by atoms with van der Waals surface area (Å²) in [6.45, 7) is 1.44. The number of halogens is 1. The highest BCUT2D eigenvalue weighted by molar-refractivity contribution is 7.93. The summed E-state index contributed by atoms with van der Waals surface area (Å²) in [6.07, 6.45) is 5.25. The quantitative estimate of drug-likeness (QED) is 0.702. The van der Waals surface area contributed by atoms with E-state index in [0.717, 1.165) is 24.0 Å². The third kappa shape index (κ3) is 4.44. The standard InChI is InChI=1S/C19H20ClN5O2S2/c1-29(27,24-18(26)13-4-5-16(20)14(10-13)11-21)15-6-8-25(9-7-15)19-22-17(23-28-19)12-2-3-12/h4-5,10,12,15H,2-3,6-9H2,1H3. The molecule has 1 atom stereocenters. The minimum absolute atomic E-state index is 0.165. The van der Waals surface area contributed by atoms with Crippen LogP contribution in [0.15, 0.2) is 22.6 Å². The number of carbonyl (C=O) groups is 1. The van der Waals surface area contributed by atoms with Crippen molar-refractivity contribution in [3.63, 3.8) is 0 Å². The van der Waals surface area contributed by atoms with Crippen LogP contribution >= 0.6 is 23.1 Å². The molecule has 0 radical (unpaired) electrons. The molecule has 1 aromatic carbocycles. The number of nitriles is 1. The number of amides is 1. The number of anilines is 1. The molecule has 0 bridgehead atoms. The number of benzene rings is 1. The maximum Gasteiger partial charge on any atom is 0.285 e. The molecule has 7 nitrogen and oxygen atoms in total. The molecule has 2 fully saturated rings. The summed E-state index contributed by atoms with van der Waals surface area (Å²) in [5.41, 5.74) is 0.422. The molecular formula is C19H20ClN5O2S2. The normalized spacial score (nSPS) is 19.4. The smallest absolute Gasteiger partial charge is 0.285 e. The van der Waals surface area contributed by atoms with E-state index in [1.807, 2.05) is 6.07 Å². The van der Waals surface area contributed by atoms with Crippen molar-refractivity contribution in [2.75, 3.05) is 24.2 Å². The molecule has 0 N–H and O–H groups in total. The minimum Gasteiger partial charge on any atom is -0.347 e. The molecule has 2 heterocycles. The van der Waals surface area contributed by atoms with Crippen LogP contribution in [0.5, 0.6) is 0 Å². The fourth-order valence-electron chi connectivity index (χ4n) is 3.38. The van der Waals surface area contributed by atoms with Crippen molar-refractivity contribution in [2.24, 2.45) is 4.36 Å². The van der Waals surface area contributed by atoms with Gasteiger partial charge in [0.1, 0.15) is 11.9 Å². The lowest BCUT2D eigenvalue weighted by atomic mass is 10.1. The highest BCUT2D eigenvalue weighted by atomic mass is 35.5. The van der Waals surface area contributed by atoms with E-state index in [-0.39, 0.29) is 21.4 Å². The summed E-state index contributed by atoms with van der Waals surface area (Å²) in [6, 6.07) is 6.31. The number of aromatic nitrogens is 2. The van der Waals surface area contributed by atoms with Crippen LogP contribution in [0.2, 0.25) is 5.02 Å². The fourth-order valence-corrected chi connectivity index (χ4v) is 6.01. The van der Waals surface area contributed by atoms with Crippen LogP contribution < -0.4 is 4.90 Å². The topological polar surface area (TPSA) is 99.3 Å². The van der Waals surface area contributed by atoms with E-state index in [1.54, 1.807) is 6.26 Å². The summed E-state index contributed by atoms with van der Waals surface area (Å²) in [5, 5.41) is 10.1. The van der Waals surface area contributed by atoms with Crippen molar-refractivity contribution >= 4 is 43.9 Å². The van der Waals surface area contributed by atoms with Crippen molar-refractivity contribution in [1.29, 1.82) is 5.26 Å². The second-order valence-electron chi connectivity index (χ2n) is 7.46. The average Bonchev–Trinajstić information content (AvgIpc) is 3.45. The Morgan fingerprint density at radius 2 is 2.07 bits per heavy atom. The van der Waals surface area contributed by atoms with Crippen LogP contribution in [0.1, 0.15) is 53.3 Å². The van der Waals surface area contributed by atoms with E-state index in [1.165, 1.54) is 42.6 Å². The lowest BCUT2D eigenvalue weighted by Gasteiger charge is -2.31. The third-order valence-electron chi connectivity index (χ3n) is 5.30. The Hall–Kier alpha value is -2.02. The van der Waals surface area contributed by atoms with Gasteiger partial charge in [-0.25, -0.2) is 9.19 Å². The molecule has 1 aliphatic heterocycles. The van der Waals surface area contributed by atoms with Crippen LogP contribution in [-0.4, -0.2) is 44.1 Å². The van der Waals surface area contributed by atoms with Crippen molar-refractivity contribution in [3.05, 3.63) is 40.2 Å². The first-order chi connectivity index (χ1) is 13.9. The van der Waals surface area contributed by atoms with E-state index in [2.05, 4.69) is 18.6 Å². The Bertz CT molecular complexity index is 1100. The summed E-state index contributed by atoms with van der Waals surface area (Å²) >= 11 is 7.33. The summed E-state index contributed by atoms with van der Waals surface area (Å²) in [7, 11) is -2.71. The molecule has 29 heavy (non-hydrogen) atoms. The zero-order chi connectivity index (χ0) is 20.6. The van der Waals surface area contributed by atoms with Crippen LogP contribution in [0.4, 0.5) is 5.13 Å². The van der Waals surface area contributed by atoms with Crippen LogP contribution in [0.3, 0.4) is 0 Å². The van der Waals surface area contributed by atoms with Crippen LogP contribution in [0.25, 0.3) is 0 Å². The van der Waals surface area contributed by atoms with Crippen molar-refractivity contribution in [3.8, 4) is 6.07 Å². The van der Waals surface area contributed by atoms with Crippen molar-refractivity contribution in [1.82, 2.24) is 9.36 Å². The first kappa shape index (κ1) is 20.3. The molecule has 1 aliphatic carbocycles. The predicted molar refractivity (Wildman–Crippen MR) is 114 cm³/mol. The first-order valence-corrected chi connectivity index (χ1v) is 12.5. The Labute approximate surface area is 179 Å². The zero-order valence-corrected chi connectivity index (χ0v) is 18.3. The average molecular weight is 450 g/mol. The molecule has 2 aliphatic rings. The van der Waals surface area contributed by atoms with Crippen molar-refractivity contribution in [2.45, 2.75) is 36.9 Å². The van der Waals surface area contributed by atoms with E-state index in [0.29, 0.717) is 18.8 Å². The first-order valence-electron chi connectivity index (χ1n) is 9.41. The summed E-state index contributed by atoms with van der Waals surface area (Å²) in [5.74, 6) is 0.907. The fraction of sp³-hybridized carbons (Fsp3) is 0.474. The minimum atomic E-state index is -2.71. The van der Waals surface area contributed by atoms with Gasteiger partial charge in [-0.05, 0) is 43.9 Å². The number of hydrogen-bond acceptors (Lipinski definition) is 7. The number of carbonyl (C=O) groups excluding carboxylic acids is 1. The number of piperidine rings is 1. The summed E-state index contributed by atoms with van der Waals surface area (Å²) < 4.78 is 21.7. The molecular weight excluding hydrogens is 430 g/mol. The van der Waals surface area contributed by atoms with Crippen molar-refractivity contribution < 1.29 is 9.00 Å². The SMILES string of the molecule is CS(=O)(=NC(=O)c1ccc(Cl)c(C#N)c1)C1CCN(c2nc(C3CC3)ns2)CC1. The molecule has 0 spiro atoms. The van der Waals surface area contributed by atoms with E-state index < -0.39 is 15.6 Å². The van der Waals surface area contributed by atoms with Gasteiger partial charge in [0.2, 0.25) is 5.13 Å². The summed E-state index contributed by atoms with van der Waals surface area (Å²) in [4.78, 5) is 19.3. The highest BCUT2D eigenvalue weighted by Crippen LogP contribution is 2.40. The number of hydrogen-bond donors (Lipinski definition) is 0. The molecule has 1 saturated carbocycles. The second kappa shape index (κ2) is 8.01. The highest BCUT2D eigenvalue weighted by Gasteiger charge is 2.31. The molecule has 1 saturated heterocycles. The number of nitrogens with zero attached hydrogens (tertiary/aromatic N) is 5. The predicted octanol–water partition coefficient (Wildman–Crippen LogP) is 3.85. The monoisotopic (exact) mass is 449 g/mol. The van der Waals surface area contributed by atoms with E-state index in [9.17, 15) is 9.00 Å². The Morgan fingerprint density at radius 3 is 2.72 bits per heavy atom. The van der Waals surface area contributed by atoms with Gasteiger partial charge in [0.25, 0.3) is 5.91 Å². The molecule has 152 valence electrons. The van der Waals surface area contributed by atoms with Gasteiger partial charge in [-0.15, -0.1) is 0 Å². The zero-order valence-electron chi connectivity index (χ0n) is 15.9. The van der Waals surface area contributed by atoms with Gasteiger partial charge in [-0.1, -0.05) is 11.6 Å². The lowest BCUT2D eigenvalue weighted by Crippen LogP contribution is -2.39. The van der Waals surface area contributed by atoms with E-state index in [4.69, 9.17) is 16.9 Å². The Balaban J connectivity index is 1.44. The molecule has 2 aromatic rings. The van der Waals surface area contributed by atoms with Gasteiger partial charge in [0.05, 0.1) is 20.3 Å². The molecule has 10 heteroatoms. The van der Waals surface area contributed by atoms with Gasteiger partial charge in [-0.2, -0.15) is 14.0 Å². The lowest BCUT2D eigenvalue weighted by molar-refractivity contribution is 0.100. The van der Waals surface area contributed by atoms with Gasteiger partial charge >= 0.3 is 0 Å². The second-order valence-corrected chi connectivity index (χ2v) is 11.2.